The van der Waals surface area contributed by atoms with E-state index in [2.05, 4.69) is 6.92 Å². The minimum atomic E-state index is -1.54. The van der Waals surface area contributed by atoms with Gasteiger partial charge in [0, 0.05) is 6.42 Å². The Morgan fingerprint density at radius 3 is 1.72 bits per heavy atom. The second-order valence-electron chi connectivity index (χ2n) is 8.18. The van der Waals surface area contributed by atoms with Crippen molar-refractivity contribution in [2.24, 2.45) is 0 Å². The number of aliphatic hydroxyl groups is 4. The molecule has 0 aromatic heterocycles. The number of carbonyl (C=O) groups excluding carboxylic acids is 1. The molecule has 0 spiro atoms. The first-order valence-electron chi connectivity index (χ1n) is 11.5. The zero-order valence-corrected chi connectivity index (χ0v) is 18.0. The SMILES string of the molecule is CCCCCCCCCCCCCCCC(=O)O[C@H]1O[C@H](CO)[C@@H](O)[C@H](O)[C@H]1O. The molecule has 4 N–H and O–H groups in total. The molecule has 0 aromatic carbocycles. The molecule has 0 unspecified atom stereocenters. The molecule has 5 atom stereocenters. The van der Waals surface area contributed by atoms with Crippen molar-refractivity contribution in [2.45, 2.75) is 128 Å². The predicted molar refractivity (Wildman–Crippen MR) is 110 cm³/mol. The van der Waals surface area contributed by atoms with E-state index < -0.39 is 43.3 Å². The van der Waals surface area contributed by atoms with E-state index in [0.29, 0.717) is 6.42 Å². The molecule has 29 heavy (non-hydrogen) atoms. The molecule has 1 saturated heterocycles. The van der Waals surface area contributed by atoms with E-state index in [1.807, 2.05) is 0 Å². The van der Waals surface area contributed by atoms with Gasteiger partial charge in [-0.05, 0) is 6.42 Å². The Morgan fingerprint density at radius 2 is 1.24 bits per heavy atom. The summed E-state index contributed by atoms with van der Waals surface area (Å²) in [6.45, 7) is 1.70. The van der Waals surface area contributed by atoms with Crippen LogP contribution in [0, 0.1) is 0 Å². The molecule has 0 radical (unpaired) electrons. The van der Waals surface area contributed by atoms with Crippen LogP contribution in [0.3, 0.4) is 0 Å². The summed E-state index contributed by atoms with van der Waals surface area (Å²) in [4.78, 5) is 11.9. The lowest BCUT2D eigenvalue weighted by Gasteiger charge is -2.39. The van der Waals surface area contributed by atoms with Crippen LogP contribution < -0.4 is 0 Å². The average molecular weight is 419 g/mol. The van der Waals surface area contributed by atoms with Crippen LogP contribution in [0.1, 0.15) is 96.8 Å². The Morgan fingerprint density at radius 1 is 0.759 bits per heavy atom. The zero-order chi connectivity index (χ0) is 21.5. The summed E-state index contributed by atoms with van der Waals surface area (Å²) in [5, 5.41) is 38.4. The third-order valence-electron chi connectivity index (χ3n) is 5.58. The Bertz CT molecular complexity index is 416. The van der Waals surface area contributed by atoms with Gasteiger partial charge in [-0.3, -0.25) is 4.79 Å². The fraction of sp³-hybridized carbons (Fsp3) is 0.955. The summed E-state index contributed by atoms with van der Waals surface area (Å²) in [6, 6.07) is 0. The van der Waals surface area contributed by atoms with Crippen molar-refractivity contribution in [1.82, 2.24) is 0 Å². The van der Waals surface area contributed by atoms with E-state index in [0.717, 1.165) is 12.8 Å². The fourth-order valence-electron chi connectivity index (χ4n) is 3.64. The minimum Gasteiger partial charge on any atom is -0.433 e. The van der Waals surface area contributed by atoms with Crippen LogP contribution in [0.5, 0.6) is 0 Å². The van der Waals surface area contributed by atoms with E-state index in [1.165, 1.54) is 64.2 Å². The van der Waals surface area contributed by atoms with Crippen LogP contribution in [0.25, 0.3) is 0 Å². The highest BCUT2D eigenvalue weighted by Gasteiger charge is 2.45. The second kappa shape index (κ2) is 16.0. The van der Waals surface area contributed by atoms with Crippen LogP contribution in [-0.4, -0.2) is 63.7 Å². The number of rotatable bonds is 16. The molecule has 0 amide bonds. The van der Waals surface area contributed by atoms with Crippen molar-refractivity contribution < 1.29 is 34.7 Å². The van der Waals surface area contributed by atoms with Crippen molar-refractivity contribution in [3.8, 4) is 0 Å². The van der Waals surface area contributed by atoms with Gasteiger partial charge in [-0.25, -0.2) is 0 Å². The van der Waals surface area contributed by atoms with Gasteiger partial charge in [0.1, 0.15) is 24.4 Å². The molecule has 7 heteroatoms. The van der Waals surface area contributed by atoms with Gasteiger partial charge in [0.05, 0.1) is 6.61 Å². The maximum absolute atomic E-state index is 11.9. The van der Waals surface area contributed by atoms with Gasteiger partial charge in [0.15, 0.2) is 0 Å². The van der Waals surface area contributed by atoms with Crippen LogP contribution in [0.4, 0.5) is 0 Å². The van der Waals surface area contributed by atoms with Crippen LogP contribution in [0.15, 0.2) is 0 Å². The molecule has 1 aliphatic rings. The molecule has 172 valence electrons. The van der Waals surface area contributed by atoms with Gasteiger partial charge in [-0.1, -0.05) is 84.0 Å². The Labute approximate surface area is 175 Å². The highest BCUT2D eigenvalue weighted by molar-refractivity contribution is 5.69. The molecular weight excluding hydrogens is 376 g/mol. The molecule has 1 rings (SSSR count). The predicted octanol–water partition coefficient (Wildman–Crippen LogP) is 2.81. The van der Waals surface area contributed by atoms with Gasteiger partial charge in [0.25, 0.3) is 0 Å². The lowest BCUT2D eigenvalue weighted by molar-refractivity contribution is -0.292. The van der Waals surface area contributed by atoms with Gasteiger partial charge in [-0.2, -0.15) is 0 Å². The van der Waals surface area contributed by atoms with Crippen molar-refractivity contribution in [1.29, 1.82) is 0 Å². The smallest absolute Gasteiger partial charge is 0.308 e. The number of hydrogen-bond acceptors (Lipinski definition) is 7. The normalized spacial score (nSPS) is 27.1. The first-order valence-corrected chi connectivity index (χ1v) is 11.5. The summed E-state index contributed by atoms with van der Waals surface area (Å²) in [5.74, 6) is -0.516. The zero-order valence-electron chi connectivity index (χ0n) is 18.0. The van der Waals surface area contributed by atoms with E-state index in [-0.39, 0.29) is 6.42 Å². The van der Waals surface area contributed by atoms with Gasteiger partial charge in [0.2, 0.25) is 6.29 Å². The molecular formula is C22H42O7. The number of ether oxygens (including phenoxy) is 2. The quantitative estimate of drug-likeness (QED) is 0.225. The summed E-state index contributed by atoms with van der Waals surface area (Å²) < 4.78 is 10.2. The lowest BCUT2D eigenvalue weighted by atomic mass is 9.99. The van der Waals surface area contributed by atoms with Crippen molar-refractivity contribution in [3.63, 3.8) is 0 Å². The van der Waals surface area contributed by atoms with E-state index in [4.69, 9.17) is 14.6 Å². The number of carbonyl (C=O) groups is 1. The number of unbranched alkanes of at least 4 members (excludes halogenated alkanes) is 12. The average Bonchev–Trinajstić information content (AvgIpc) is 2.71. The Hall–Kier alpha value is -0.730. The molecule has 7 nitrogen and oxygen atoms in total. The van der Waals surface area contributed by atoms with Crippen molar-refractivity contribution in [2.75, 3.05) is 6.61 Å². The topological polar surface area (TPSA) is 116 Å². The minimum absolute atomic E-state index is 0.215. The van der Waals surface area contributed by atoms with Crippen LogP contribution in [0.2, 0.25) is 0 Å². The summed E-state index contributed by atoms with van der Waals surface area (Å²) in [6.07, 6.45) is 9.10. The van der Waals surface area contributed by atoms with Crippen LogP contribution >= 0.6 is 0 Å². The third-order valence-corrected chi connectivity index (χ3v) is 5.58. The number of hydrogen-bond donors (Lipinski definition) is 4. The summed E-state index contributed by atoms with van der Waals surface area (Å²) in [7, 11) is 0. The maximum Gasteiger partial charge on any atom is 0.308 e. The summed E-state index contributed by atoms with van der Waals surface area (Å²) >= 11 is 0. The third kappa shape index (κ3) is 10.7. The van der Waals surface area contributed by atoms with E-state index >= 15 is 0 Å². The molecule has 0 saturated carbocycles. The highest BCUT2D eigenvalue weighted by Crippen LogP contribution is 2.22. The number of aliphatic hydroxyl groups excluding tert-OH is 4. The van der Waals surface area contributed by atoms with Crippen LogP contribution in [-0.2, 0) is 14.3 Å². The second-order valence-corrected chi connectivity index (χ2v) is 8.18. The Balaban J connectivity index is 2.00. The van der Waals surface area contributed by atoms with Gasteiger partial charge < -0.3 is 29.9 Å². The standard InChI is InChI=1S/C22H42O7/c1-2-3-4-5-6-7-8-9-10-11-12-13-14-15-18(24)29-22-21(27)20(26)19(25)17(16-23)28-22/h17,19-23,25-27H,2-16H2,1H3/t17-,19-,20+,21-,22-/m1/s1. The van der Waals surface area contributed by atoms with E-state index in [1.54, 1.807) is 0 Å². The molecule has 0 aliphatic carbocycles. The lowest BCUT2D eigenvalue weighted by Crippen LogP contribution is -2.59. The maximum atomic E-state index is 11.9. The fourth-order valence-corrected chi connectivity index (χ4v) is 3.64. The highest BCUT2D eigenvalue weighted by atomic mass is 16.7. The monoisotopic (exact) mass is 418 g/mol. The molecule has 1 heterocycles. The Kier molecular flexibility index (Phi) is 14.5. The van der Waals surface area contributed by atoms with Crippen molar-refractivity contribution >= 4 is 5.97 Å². The molecule has 0 bridgehead atoms. The van der Waals surface area contributed by atoms with Gasteiger partial charge >= 0.3 is 5.97 Å². The molecule has 0 aromatic rings. The van der Waals surface area contributed by atoms with E-state index in [9.17, 15) is 20.1 Å². The molecule has 1 aliphatic heterocycles. The first kappa shape index (κ1) is 26.3. The molecule has 1 fully saturated rings. The van der Waals surface area contributed by atoms with Crippen molar-refractivity contribution in [3.05, 3.63) is 0 Å². The first-order chi connectivity index (χ1) is 14.0. The summed E-state index contributed by atoms with van der Waals surface area (Å²) in [5.41, 5.74) is 0. The number of esters is 1. The largest absolute Gasteiger partial charge is 0.433 e. The van der Waals surface area contributed by atoms with Gasteiger partial charge in [-0.15, -0.1) is 0 Å².